The lowest BCUT2D eigenvalue weighted by Gasteiger charge is -2.30. The number of hydrogen-bond acceptors (Lipinski definition) is 4. The Hall–Kier alpha value is -1.32. The molecule has 1 unspecified atom stereocenters. The molecule has 0 aliphatic carbocycles. The molecule has 1 aromatic heterocycles. The summed E-state index contributed by atoms with van der Waals surface area (Å²) in [6.45, 7) is 20.3. The summed E-state index contributed by atoms with van der Waals surface area (Å²) in [4.78, 5) is 9.48. The summed E-state index contributed by atoms with van der Waals surface area (Å²) in [6, 6.07) is 0.327. The smallest absolute Gasteiger partial charge is 0.138 e. The summed E-state index contributed by atoms with van der Waals surface area (Å²) in [6.07, 6.45) is 0. The maximum atomic E-state index is 4.78. The zero-order valence-electron chi connectivity index (χ0n) is 15.2. The number of nitrogens with one attached hydrogen (secondary N) is 2. The van der Waals surface area contributed by atoms with Gasteiger partial charge in [-0.15, -0.1) is 0 Å². The summed E-state index contributed by atoms with van der Waals surface area (Å²) >= 11 is 0. The van der Waals surface area contributed by atoms with Gasteiger partial charge in [0.25, 0.3) is 0 Å². The lowest BCUT2D eigenvalue weighted by Crippen LogP contribution is -2.32. The van der Waals surface area contributed by atoms with Crippen molar-refractivity contribution in [2.75, 3.05) is 17.2 Å². The second kappa shape index (κ2) is 6.20. The average molecular weight is 292 g/mol. The fourth-order valence-electron chi connectivity index (χ4n) is 1.75. The number of aromatic nitrogens is 2. The van der Waals surface area contributed by atoms with Crippen LogP contribution in [0.2, 0.25) is 0 Å². The molecule has 4 heteroatoms. The fourth-order valence-corrected chi connectivity index (χ4v) is 1.75. The summed E-state index contributed by atoms with van der Waals surface area (Å²) in [5, 5.41) is 6.92. The van der Waals surface area contributed by atoms with Gasteiger partial charge in [0.2, 0.25) is 0 Å². The molecule has 0 aromatic carbocycles. The summed E-state index contributed by atoms with van der Waals surface area (Å²) in [5.41, 5.74) is 1.19. The standard InChI is InChI=1S/C17H32N4/c1-10-18-13-11(2)14(19-12(3)16(4,5)6)21-15(20-13)17(7,8)9/h12H,10H2,1-9H3,(H2,18,19,20,21). The molecular weight excluding hydrogens is 260 g/mol. The molecule has 120 valence electrons. The Morgan fingerprint density at radius 3 is 1.95 bits per heavy atom. The Balaban J connectivity index is 3.26. The van der Waals surface area contributed by atoms with E-state index in [9.17, 15) is 0 Å². The van der Waals surface area contributed by atoms with Gasteiger partial charge in [-0.25, -0.2) is 9.97 Å². The minimum Gasteiger partial charge on any atom is -0.370 e. The van der Waals surface area contributed by atoms with Crippen LogP contribution in [0.3, 0.4) is 0 Å². The highest BCUT2D eigenvalue weighted by Gasteiger charge is 2.24. The second-order valence-corrected chi connectivity index (χ2v) is 7.88. The first-order valence-corrected chi connectivity index (χ1v) is 7.86. The van der Waals surface area contributed by atoms with Gasteiger partial charge in [-0.3, -0.25) is 0 Å². The van der Waals surface area contributed by atoms with Crippen molar-refractivity contribution in [3.63, 3.8) is 0 Å². The molecule has 0 aliphatic rings. The number of hydrogen-bond donors (Lipinski definition) is 2. The molecule has 4 nitrogen and oxygen atoms in total. The molecular formula is C17H32N4. The van der Waals surface area contributed by atoms with Crippen LogP contribution in [-0.2, 0) is 5.41 Å². The topological polar surface area (TPSA) is 49.8 Å². The van der Waals surface area contributed by atoms with E-state index < -0.39 is 0 Å². The Morgan fingerprint density at radius 2 is 1.52 bits per heavy atom. The van der Waals surface area contributed by atoms with Gasteiger partial charge >= 0.3 is 0 Å². The molecule has 1 heterocycles. The molecule has 0 radical (unpaired) electrons. The summed E-state index contributed by atoms with van der Waals surface area (Å²) in [7, 11) is 0. The van der Waals surface area contributed by atoms with Crippen LogP contribution in [0.25, 0.3) is 0 Å². The number of nitrogens with zero attached hydrogens (tertiary/aromatic N) is 2. The van der Waals surface area contributed by atoms with Crippen LogP contribution >= 0.6 is 0 Å². The van der Waals surface area contributed by atoms with Crippen LogP contribution in [0.4, 0.5) is 11.6 Å². The molecule has 0 saturated carbocycles. The predicted octanol–water partition coefficient (Wildman–Crippen LogP) is 4.36. The van der Waals surface area contributed by atoms with Crippen molar-refractivity contribution in [1.29, 1.82) is 0 Å². The Bertz CT molecular complexity index is 481. The molecule has 1 atom stereocenters. The highest BCUT2D eigenvalue weighted by molar-refractivity contribution is 5.58. The molecule has 0 saturated heterocycles. The monoisotopic (exact) mass is 292 g/mol. The summed E-state index contributed by atoms with van der Waals surface area (Å²) in [5.74, 6) is 2.74. The van der Waals surface area contributed by atoms with Crippen molar-refractivity contribution >= 4 is 11.6 Å². The minimum atomic E-state index is -0.0702. The van der Waals surface area contributed by atoms with Crippen molar-refractivity contribution in [3.05, 3.63) is 11.4 Å². The molecule has 2 N–H and O–H groups in total. The van der Waals surface area contributed by atoms with Gasteiger partial charge in [0.15, 0.2) is 0 Å². The quantitative estimate of drug-likeness (QED) is 0.865. The molecule has 1 aromatic rings. The van der Waals surface area contributed by atoms with Crippen molar-refractivity contribution in [2.45, 2.75) is 73.8 Å². The minimum absolute atomic E-state index is 0.0702. The van der Waals surface area contributed by atoms with Gasteiger partial charge in [0.1, 0.15) is 17.5 Å². The Labute approximate surface area is 130 Å². The predicted molar refractivity (Wildman–Crippen MR) is 92.2 cm³/mol. The number of anilines is 2. The molecule has 0 bridgehead atoms. The van der Waals surface area contributed by atoms with E-state index >= 15 is 0 Å². The molecule has 0 fully saturated rings. The third-order valence-electron chi connectivity index (χ3n) is 3.81. The summed E-state index contributed by atoms with van der Waals surface area (Å²) < 4.78 is 0. The van der Waals surface area contributed by atoms with Crippen molar-refractivity contribution in [3.8, 4) is 0 Å². The van der Waals surface area contributed by atoms with E-state index in [4.69, 9.17) is 9.97 Å². The van der Waals surface area contributed by atoms with Crippen LogP contribution < -0.4 is 10.6 Å². The first-order chi connectivity index (χ1) is 9.46. The van der Waals surface area contributed by atoms with Crippen LogP contribution in [0, 0.1) is 12.3 Å². The maximum absolute atomic E-state index is 4.78. The number of rotatable bonds is 4. The largest absolute Gasteiger partial charge is 0.370 e. The zero-order chi connectivity index (χ0) is 16.4. The van der Waals surface area contributed by atoms with E-state index in [-0.39, 0.29) is 10.8 Å². The highest BCUT2D eigenvalue weighted by atomic mass is 15.1. The van der Waals surface area contributed by atoms with E-state index in [1.807, 2.05) is 0 Å². The van der Waals surface area contributed by atoms with Gasteiger partial charge in [0, 0.05) is 23.6 Å². The lowest BCUT2D eigenvalue weighted by atomic mass is 9.88. The van der Waals surface area contributed by atoms with Crippen molar-refractivity contribution in [2.24, 2.45) is 5.41 Å². The molecule has 1 rings (SSSR count). The molecule has 0 amide bonds. The zero-order valence-corrected chi connectivity index (χ0v) is 15.2. The Kier molecular flexibility index (Phi) is 5.24. The SMILES string of the molecule is CCNc1nc(C(C)(C)C)nc(NC(C)C(C)(C)C)c1C. The van der Waals surface area contributed by atoms with E-state index in [0.717, 1.165) is 29.6 Å². The van der Waals surface area contributed by atoms with E-state index in [0.29, 0.717) is 6.04 Å². The van der Waals surface area contributed by atoms with Crippen LogP contribution in [0.1, 0.15) is 66.8 Å². The molecule has 21 heavy (non-hydrogen) atoms. The first kappa shape index (κ1) is 17.7. The average Bonchev–Trinajstić information content (AvgIpc) is 2.31. The van der Waals surface area contributed by atoms with Crippen molar-refractivity contribution < 1.29 is 0 Å². The normalized spacial score (nSPS) is 14.0. The second-order valence-electron chi connectivity index (χ2n) is 7.88. The van der Waals surface area contributed by atoms with Crippen molar-refractivity contribution in [1.82, 2.24) is 9.97 Å². The lowest BCUT2D eigenvalue weighted by molar-refractivity contribution is 0.358. The maximum Gasteiger partial charge on any atom is 0.138 e. The van der Waals surface area contributed by atoms with Gasteiger partial charge in [0.05, 0.1) is 0 Å². The highest BCUT2D eigenvalue weighted by Crippen LogP contribution is 2.29. The Morgan fingerprint density at radius 1 is 1.00 bits per heavy atom. The van der Waals surface area contributed by atoms with Crippen LogP contribution in [-0.4, -0.2) is 22.6 Å². The van der Waals surface area contributed by atoms with Gasteiger partial charge in [-0.2, -0.15) is 0 Å². The first-order valence-electron chi connectivity index (χ1n) is 7.86. The van der Waals surface area contributed by atoms with Crippen LogP contribution in [0.15, 0.2) is 0 Å². The van der Waals surface area contributed by atoms with E-state index in [1.54, 1.807) is 0 Å². The molecule has 0 spiro atoms. The third-order valence-corrected chi connectivity index (χ3v) is 3.81. The van der Waals surface area contributed by atoms with Gasteiger partial charge in [-0.05, 0) is 26.2 Å². The third kappa shape index (κ3) is 4.58. The van der Waals surface area contributed by atoms with E-state index in [1.165, 1.54) is 0 Å². The van der Waals surface area contributed by atoms with Gasteiger partial charge in [-0.1, -0.05) is 41.5 Å². The van der Waals surface area contributed by atoms with E-state index in [2.05, 4.69) is 72.9 Å². The molecule has 0 aliphatic heterocycles. The van der Waals surface area contributed by atoms with Crippen LogP contribution in [0.5, 0.6) is 0 Å². The fraction of sp³-hybridized carbons (Fsp3) is 0.765. The van der Waals surface area contributed by atoms with Gasteiger partial charge < -0.3 is 10.6 Å².